The van der Waals surface area contributed by atoms with Gasteiger partial charge in [0.25, 0.3) is 0 Å². The Balaban J connectivity index is 1.48. The van der Waals surface area contributed by atoms with Gasteiger partial charge in [0.1, 0.15) is 12.6 Å². The van der Waals surface area contributed by atoms with Crippen molar-refractivity contribution in [2.24, 2.45) is 39.9 Å². The molecule has 5 aliphatic rings. The van der Waals surface area contributed by atoms with Crippen molar-refractivity contribution in [2.75, 3.05) is 13.2 Å². The van der Waals surface area contributed by atoms with Crippen LogP contribution in [0.25, 0.3) is 0 Å². The SMILES string of the molecule is C[C@]12C=CC(=O)C=C1CC[C@@H]1[C@@H]2[C@@H](O)C[C@@]2(C)[C@H]1C[C@H]1C(C(=O)O)N(S(=O)(=O)c3ccccc3)C[C@]12C(=O)CO. The van der Waals surface area contributed by atoms with E-state index in [0.717, 1.165) is 9.88 Å². The Hall–Kier alpha value is -2.66. The third-order valence-electron chi connectivity index (χ3n) is 11.4. The number of carboxylic acid groups (broad SMARTS) is 1. The number of nitrogens with zero attached hydrogens (tertiary/aromatic N) is 1. The monoisotopic (exact) mass is 569 g/mol. The van der Waals surface area contributed by atoms with Crippen LogP contribution in [0.15, 0.2) is 59.0 Å². The van der Waals surface area contributed by atoms with Gasteiger partial charge in [-0.15, -0.1) is 0 Å². The number of allylic oxidation sites excluding steroid dienone is 4. The molecule has 0 aromatic heterocycles. The lowest BCUT2D eigenvalue weighted by atomic mass is 9.44. The number of hydrogen-bond donors (Lipinski definition) is 3. The summed E-state index contributed by atoms with van der Waals surface area (Å²) in [6.45, 7) is 2.71. The summed E-state index contributed by atoms with van der Waals surface area (Å²) in [6.07, 6.45) is 5.99. The fourth-order valence-corrected chi connectivity index (χ4v) is 11.5. The van der Waals surface area contributed by atoms with Crippen molar-refractivity contribution < 1.29 is 38.1 Å². The second-order valence-electron chi connectivity index (χ2n) is 12.8. The number of aliphatic carboxylic acids is 1. The maximum Gasteiger partial charge on any atom is 0.322 e. The quantitative estimate of drug-likeness (QED) is 0.489. The lowest BCUT2D eigenvalue weighted by molar-refractivity contribution is -0.158. The summed E-state index contributed by atoms with van der Waals surface area (Å²) in [4.78, 5) is 38.8. The largest absolute Gasteiger partial charge is 0.480 e. The normalized spacial score (nSPS) is 42.4. The van der Waals surface area contributed by atoms with Gasteiger partial charge in [-0.05, 0) is 67.2 Å². The zero-order valence-corrected chi connectivity index (χ0v) is 23.4. The first-order chi connectivity index (χ1) is 18.8. The van der Waals surface area contributed by atoms with E-state index in [1.54, 1.807) is 30.4 Å². The molecule has 4 fully saturated rings. The minimum atomic E-state index is -4.28. The van der Waals surface area contributed by atoms with Crippen LogP contribution in [0.3, 0.4) is 0 Å². The molecular weight excluding hydrogens is 534 g/mol. The number of sulfonamides is 1. The van der Waals surface area contributed by atoms with Crippen molar-refractivity contribution in [3.8, 4) is 0 Å². The van der Waals surface area contributed by atoms with Gasteiger partial charge in [0, 0.05) is 23.8 Å². The topological polar surface area (TPSA) is 149 Å². The maximum absolute atomic E-state index is 13.8. The van der Waals surface area contributed by atoms with E-state index in [0.29, 0.717) is 19.3 Å². The molecule has 1 unspecified atom stereocenters. The number of rotatable bonds is 5. The van der Waals surface area contributed by atoms with Crippen LogP contribution in [0.5, 0.6) is 0 Å². The van der Waals surface area contributed by atoms with Crippen molar-refractivity contribution in [1.82, 2.24) is 4.31 Å². The third-order valence-corrected chi connectivity index (χ3v) is 13.2. The molecule has 9 atom stereocenters. The number of carbonyl (C=O) groups excluding carboxylic acids is 2. The van der Waals surface area contributed by atoms with E-state index in [1.807, 2.05) is 19.9 Å². The maximum atomic E-state index is 13.8. The molecule has 0 spiro atoms. The van der Waals surface area contributed by atoms with Crippen LogP contribution >= 0.6 is 0 Å². The lowest BCUT2D eigenvalue weighted by Gasteiger charge is -2.60. The Bertz CT molecular complexity index is 1450. The molecule has 1 aromatic carbocycles. The van der Waals surface area contributed by atoms with E-state index in [9.17, 15) is 38.1 Å². The fourth-order valence-electron chi connectivity index (χ4n) is 9.77. The number of ketones is 2. The van der Waals surface area contributed by atoms with Crippen LogP contribution in [-0.2, 0) is 24.4 Å². The number of benzene rings is 1. The predicted octanol–water partition coefficient (Wildman–Crippen LogP) is 2.20. The van der Waals surface area contributed by atoms with E-state index in [4.69, 9.17) is 0 Å². The fraction of sp³-hybridized carbons (Fsp3) is 0.567. The average molecular weight is 570 g/mol. The molecule has 1 heterocycles. The zero-order valence-electron chi connectivity index (χ0n) is 22.6. The van der Waals surface area contributed by atoms with Crippen molar-refractivity contribution in [3.63, 3.8) is 0 Å². The number of aliphatic hydroxyl groups is 2. The summed E-state index contributed by atoms with van der Waals surface area (Å²) >= 11 is 0. The van der Waals surface area contributed by atoms with Crippen molar-refractivity contribution >= 4 is 27.6 Å². The van der Waals surface area contributed by atoms with Crippen molar-refractivity contribution in [2.45, 2.75) is 56.6 Å². The van der Waals surface area contributed by atoms with Gasteiger partial charge in [0.15, 0.2) is 11.6 Å². The second kappa shape index (κ2) is 8.92. The standard InChI is InChI=1S/C30H35NO8S/c1-28-11-10-18(33)12-17(28)8-9-20-21-13-22-26(27(36)37)31(40(38,39)19-6-4-3-5-7-19)16-30(22,24(35)15-32)29(21,2)14-23(34)25(20)28/h3-7,10-12,20-23,25-26,32,34H,8-9,13-16H2,1-2H3,(H,36,37)/t20-,21-,22-,23-,25+,26?,28-,29-,30+/m0/s1. The second-order valence-corrected chi connectivity index (χ2v) is 14.6. The molecule has 4 aliphatic carbocycles. The highest BCUT2D eigenvalue weighted by molar-refractivity contribution is 7.89. The summed E-state index contributed by atoms with van der Waals surface area (Å²) in [6, 6.07) is 6.10. The molecule has 1 aromatic rings. The van der Waals surface area contributed by atoms with E-state index < -0.39 is 62.7 Å². The molecule has 9 nitrogen and oxygen atoms in total. The molecular formula is C30H35NO8S. The van der Waals surface area contributed by atoms with E-state index in [1.165, 1.54) is 12.1 Å². The first-order valence-corrected chi connectivity index (χ1v) is 15.3. The van der Waals surface area contributed by atoms with Gasteiger partial charge in [-0.1, -0.05) is 43.7 Å². The van der Waals surface area contributed by atoms with Crippen molar-refractivity contribution in [1.29, 1.82) is 0 Å². The molecule has 3 saturated carbocycles. The Morgan fingerprint density at radius 2 is 1.82 bits per heavy atom. The van der Waals surface area contributed by atoms with Gasteiger partial charge in [-0.25, -0.2) is 8.42 Å². The number of hydrogen-bond acceptors (Lipinski definition) is 7. The van der Waals surface area contributed by atoms with Crippen LogP contribution in [-0.4, -0.2) is 70.9 Å². The molecule has 10 heteroatoms. The zero-order chi connectivity index (χ0) is 28.8. The van der Waals surface area contributed by atoms with Gasteiger partial charge >= 0.3 is 5.97 Å². The molecule has 40 heavy (non-hydrogen) atoms. The number of aliphatic hydroxyl groups excluding tert-OH is 2. The first kappa shape index (κ1) is 27.5. The smallest absolute Gasteiger partial charge is 0.322 e. The third kappa shape index (κ3) is 3.36. The highest BCUT2D eigenvalue weighted by Gasteiger charge is 2.77. The van der Waals surface area contributed by atoms with Gasteiger partial charge in [-0.2, -0.15) is 4.31 Å². The Morgan fingerprint density at radius 3 is 2.48 bits per heavy atom. The molecule has 6 rings (SSSR count). The van der Waals surface area contributed by atoms with E-state index in [2.05, 4.69) is 0 Å². The van der Waals surface area contributed by atoms with Crippen molar-refractivity contribution in [3.05, 3.63) is 54.1 Å². The molecule has 214 valence electrons. The average Bonchev–Trinajstić information content (AvgIpc) is 3.40. The summed E-state index contributed by atoms with van der Waals surface area (Å²) in [7, 11) is -4.28. The lowest BCUT2D eigenvalue weighted by Crippen LogP contribution is -2.60. The number of carbonyl (C=O) groups is 3. The predicted molar refractivity (Wildman–Crippen MR) is 143 cm³/mol. The summed E-state index contributed by atoms with van der Waals surface area (Å²) in [5.74, 6) is -3.32. The molecule has 3 N–H and O–H groups in total. The van der Waals surface area contributed by atoms with Gasteiger partial charge in [0.05, 0.1) is 16.4 Å². The Labute approximate surface area is 233 Å². The number of Topliss-reactive ketones (excluding diaryl/α,β-unsaturated/α-hetero) is 1. The van der Waals surface area contributed by atoms with Crippen LogP contribution in [0, 0.1) is 39.9 Å². The minimum Gasteiger partial charge on any atom is -0.480 e. The van der Waals surface area contributed by atoms with Gasteiger partial charge in [0.2, 0.25) is 10.0 Å². The molecule has 0 amide bonds. The van der Waals surface area contributed by atoms with E-state index >= 15 is 0 Å². The van der Waals surface area contributed by atoms with Gasteiger partial charge in [-0.3, -0.25) is 14.4 Å². The van der Waals surface area contributed by atoms with Crippen LogP contribution in [0.4, 0.5) is 0 Å². The summed E-state index contributed by atoms with van der Waals surface area (Å²) in [5, 5.41) is 32.5. The Kier molecular flexibility index (Phi) is 6.13. The Morgan fingerprint density at radius 1 is 1.12 bits per heavy atom. The molecule has 0 bridgehead atoms. The summed E-state index contributed by atoms with van der Waals surface area (Å²) < 4.78 is 28.6. The van der Waals surface area contributed by atoms with E-state index in [-0.39, 0.29) is 41.4 Å². The molecule has 1 aliphatic heterocycles. The first-order valence-electron chi connectivity index (χ1n) is 13.9. The summed E-state index contributed by atoms with van der Waals surface area (Å²) in [5.41, 5.74) is -1.98. The highest BCUT2D eigenvalue weighted by atomic mass is 32.2. The van der Waals surface area contributed by atoms with Gasteiger partial charge < -0.3 is 15.3 Å². The van der Waals surface area contributed by atoms with Crippen LogP contribution in [0.2, 0.25) is 0 Å². The minimum absolute atomic E-state index is 0.0589. The molecule has 1 saturated heterocycles. The highest BCUT2D eigenvalue weighted by Crippen LogP contribution is 2.73. The molecule has 0 radical (unpaired) electrons. The number of carboxylic acids is 1. The van der Waals surface area contributed by atoms with Crippen LogP contribution < -0.4 is 0 Å². The van der Waals surface area contributed by atoms with Crippen LogP contribution in [0.1, 0.15) is 39.5 Å². The number of fused-ring (bicyclic) bond motifs is 7.